The van der Waals surface area contributed by atoms with Crippen LogP contribution in [0.25, 0.3) is 0 Å². The Hall–Kier alpha value is 1.57. The molecular formula is C3HCl4N3Na2O3. The van der Waals surface area contributed by atoms with E-state index >= 15 is 0 Å². The predicted molar refractivity (Wildman–Crippen MR) is 38.1 cm³/mol. The quantitative estimate of drug-likeness (QED) is 0.483. The third-order valence-electron chi connectivity index (χ3n) is 0.906. The summed E-state index contributed by atoms with van der Waals surface area (Å²) in [5.41, 5.74) is -3.13. The number of H-pyrrole nitrogens is 1. The van der Waals surface area contributed by atoms with Gasteiger partial charge >= 0.3 is 76.2 Å². The average Bonchev–Trinajstić information content (AvgIpc) is 1.97. The molecule has 1 heterocycles. The van der Waals surface area contributed by atoms with Gasteiger partial charge in [-0.2, -0.15) is 0 Å². The van der Waals surface area contributed by atoms with Gasteiger partial charge in [0.05, 0.1) is 0 Å². The van der Waals surface area contributed by atoms with E-state index in [2.05, 4.69) is 0 Å². The number of halogens is 4. The molecule has 0 atom stereocenters. The van der Waals surface area contributed by atoms with Crippen molar-refractivity contribution in [3.63, 3.8) is 0 Å². The number of hydrogen-bond donors (Lipinski definition) is 1. The van der Waals surface area contributed by atoms with Crippen molar-refractivity contribution in [2.24, 2.45) is 0 Å². The minimum Gasteiger partial charge on any atom is -1.00 e. The summed E-state index contributed by atoms with van der Waals surface area (Å²) >= 11 is 10.1. The van der Waals surface area contributed by atoms with Gasteiger partial charge in [0.1, 0.15) is 0 Å². The molecule has 0 fully saturated rings. The Morgan fingerprint density at radius 2 is 1.13 bits per heavy atom. The van der Waals surface area contributed by atoms with Crippen LogP contribution in [0.1, 0.15) is 0 Å². The van der Waals surface area contributed by atoms with Crippen LogP contribution in [-0.4, -0.2) is 13.2 Å². The average molecular weight is 315 g/mol. The Balaban J connectivity index is -0.000000151. The first kappa shape index (κ1) is 25.4. The van der Waals surface area contributed by atoms with Gasteiger partial charge in [-0.1, -0.05) is 0 Å². The van der Waals surface area contributed by atoms with Gasteiger partial charge in [0.25, 0.3) is 0 Å². The maximum absolute atomic E-state index is 10.7. The van der Waals surface area contributed by atoms with Crippen molar-refractivity contribution in [3.05, 3.63) is 31.5 Å². The number of aromatic nitrogens is 3. The maximum Gasteiger partial charge on any atom is 1.00 e. The van der Waals surface area contributed by atoms with E-state index in [1.165, 1.54) is 0 Å². The smallest absolute Gasteiger partial charge is 1.00 e. The molecule has 15 heavy (non-hydrogen) atoms. The van der Waals surface area contributed by atoms with Crippen LogP contribution in [0.3, 0.4) is 0 Å². The fourth-order valence-corrected chi connectivity index (χ4v) is 0.715. The summed E-state index contributed by atoms with van der Waals surface area (Å²) in [6.07, 6.45) is 0. The van der Waals surface area contributed by atoms with Crippen LogP contribution in [0, 0.1) is 0 Å². The topological polar surface area (TPSA) is 76.9 Å². The fourth-order valence-electron chi connectivity index (χ4n) is 0.440. The van der Waals surface area contributed by atoms with Gasteiger partial charge < -0.3 is 24.8 Å². The molecule has 1 N–H and O–H groups in total. The molecule has 1 rings (SSSR count). The maximum atomic E-state index is 10.7. The second-order valence-electron chi connectivity index (χ2n) is 1.58. The van der Waals surface area contributed by atoms with Crippen LogP contribution >= 0.6 is 23.6 Å². The van der Waals surface area contributed by atoms with E-state index < -0.39 is 17.1 Å². The van der Waals surface area contributed by atoms with Gasteiger partial charge in [-0.15, -0.1) is 8.17 Å². The number of aromatic amines is 1. The first-order valence-corrected chi connectivity index (χ1v) is 3.02. The second kappa shape index (κ2) is 10.7. The van der Waals surface area contributed by atoms with Crippen molar-refractivity contribution in [2.45, 2.75) is 0 Å². The van der Waals surface area contributed by atoms with Gasteiger partial charge in [-0.05, 0) is 0 Å². The van der Waals surface area contributed by atoms with Crippen molar-refractivity contribution in [3.8, 4) is 0 Å². The third-order valence-corrected chi connectivity index (χ3v) is 1.50. The van der Waals surface area contributed by atoms with Crippen LogP contribution in [0.4, 0.5) is 0 Å². The Morgan fingerprint density at radius 3 is 1.40 bits per heavy atom. The zero-order valence-corrected chi connectivity index (χ0v) is 14.7. The monoisotopic (exact) mass is 313 g/mol. The molecule has 0 radical (unpaired) electrons. The van der Waals surface area contributed by atoms with Crippen molar-refractivity contribution < 1.29 is 83.9 Å². The summed E-state index contributed by atoms with van der Waals surface area (Å²) in [6.45, 7) is 0. The van der Waals surface area contributed by atoms with Gasteiger partial charge in [0.15, 0.2) is 0 Å². The summed E-state index contributed by atoms with van der Waals surface area (Å²) < 4.78 is 0.322. The van der Waals surface area contributed by atoms with Crippen molar-refractivity contribution in [1.82, 2.24) is 13.2 Å². The van der Waals surface area contributed by atoms with Crippen molar-refractivity contribution in [2.75, 3.05) is 0 Å². The molecule has 76 valence electrons. The summed E-state index contributed by atoms with van der Waals surface area (Å²) in [6, 6.07) is 0. The minimum absolute atomic E-state index is 0. The molecule has 12 heteroatoms. The van der Waals surface area contributed by atoms with Gasteiger partial charge in [-0.25, -0.2) is 14.4 Å². The molecule has 0 aromatic carbocycles. The molecule has 0 aliphatic rings. The Morgan fingerprint density at radius 1 is 0.867 bits per heavy atom. The predicted octanol–water partition coefficient (Wildman–Crippen LogP) is -13.3. The van der Waals surface area contributed by atoms with Crippen LogP contribution in [0.15, 0.2) is 14.4 Å². The van der Waals surface area contributed by atoms with E-state index in [-0.39, 0.29) is 92.1 Å². The van der Waals surface area contributed by atoms with E-state index in [0.717, 1.165) is 0 Å². The molecule has 1 aromatic heterocycles. The van der Waals surface area contributed by atoms with Gasteiger partial charge in [0.2, 0.25) is 0 Å². The molecule has 0 aliphatic heterocycles. The largest absolute Gasteiger partial charge is 1.00 e. The number of nitrogens with one attached hydrogen (secondary N) is 1. The number of rotatable bonds is 0. The third kappa shape index (κ3) is 6.16. The zero-order chi connectivity index (χ0) is 8.59. The van der Waals surface area contributed by atoms with Gasteiger partial charge in [-0.3, -0.25) is 4.98 Å². The first-order valence-electron chi connectivity index (χ1n) is 2.34. The van der Waals surface area contributed by atoms with E-state index in [4.69, 9.17) is 23.6 Å². The Kier molecular flexibility index (Phi) is 18.1. The van der Waals surface area contributed by atoms with Crippen LogP contribution in [-0.2, 0) is 0 Å². The van der Waals surface area contributed by atoms with Crippen LogP contribution < -0.4 is 101 Å². The molecule has 0 amide bonds. The Bertz CT molecular complexity index is 416. The van der Waals surface area contributed by atoms with Crippen molar-refractivity contribution >= 4 is 23.6 Å². The molecule has 0 unspecified atom stereocenters. The number of hydrogen-bond acceptors (Lipinski definition) is 3. The normalized spacial score (nSPS) is 7.33. The van der Waals surface area contributed by atoms with Crippen molar-refractivity contribution in [1.29, 1.82) is 0 Å². The molecule has 0 aliphatic carbocycles. The van der Waals surface area contributed by atoms with E-state index in [0.29, 0.717) is 0 Å². The molecule has 0 saturated heterocycles. The molecule has 0 saturated carbocycles. The number of nitrogens with zero attached hydrogens (tertiary/aromatic N) is 2. The van der Waals surface area contributed by atoms with E-state index in [1.807, 2.05) is 0 Å². The summed E-state index contributed by atoms with van der Waals surface area (Å²) in [7, 11) is 0. The Labute approximate surface area is 150 Å². The summed E-state index contributed by atoms with van der Waals surface area (Å²) in [5.74, 6) is 0. The fraction of sp³-hybridized carbons (Fsp3) is 0. The summed E-state index contributed by atoms with van der Waals surface area (Å²) in [5, 5.41) is 0. The molecule has 0 bridgehead atoms. The van der Waals surface area contributed by atoms with Gasteiger partial charge in [0, 0.05) is 23.6 Å². The molecule has 1 aromatic rings. The molecule has 6 nitrogen and oxygen atoms in total. The second-order valence-corrected chi connectivity index (χ2v) is 2.26. The van der Waals surface area contributed by atoms with E-state index in [1.54, 1.807) is 4.98 Å². The molecule has 0 spiro atoms. The van der Waals surface area contributed by atoms with Crippen LogP contribution in [0.2, 0.25) is 0 Å². The summed E-state index contributed by atoms with van der Waals surface area (Å²) in [4.78, 5) is 33.4. The van der Waals surface area contributed by atoms with Crippen LogP contribution in [0.5, 0.6) is 0 Å². The zero-order valence-electron chi connectivity index (χ0n) is 7.63. The minimum atomic E-state index is -1.10. The van der Waals surface area contributed by atoms with E-state index in [9.17, 15) is 14.4 Å². The first-order chi connectivity index (χ1) is 5.04. The SMILES string of the molecule is O=c1[nH]c(=O)n(Cl)c(=O)n1Cl.[Cl-].[Cl-].[Na+].[Na+]. The molecular weight excluding hydrogens is 314 g/mol. The standard InChI is InChI=1S/C3HCl2N3O3.2ClH.2Na/c4-7-1(9)6-2(10)8(5)3(7)11;;;;/h(H,6,9,10);2*1H;;/q;;;2*+1/p-2.